The van der Waals surface area contributed by atoms with Gasteiger partial charge in [0.1, 0.15) is 4.70 Å². The summed E-state index contributed by atoms with van der Waals surface area (Å²) in [6.45, 7) is 12.2. The van der Waals surface area contributed by atoms with E-state index >= 15 is 0 Å². The van der Waals surface area contributed by atoms with Gasteiger partial charge in [0.25, 0.3) is 11.5 Å². The molecule has 38 heavy (non-hydrogen) atoms. The van der Waals surface area contributed by atoms with E-state index in [4.69, 9.17) is 4.98 Å². The molecule has 5 rings (SSSR count). The van der Waals surface area contributed by atoms with Crippen molar-refractivity contribution in [3.63, 3.8) is 0 Å². The molecule has 1 unspecified atom stereocenters. The molecule has 7 nitrogen and oxygen atoms in total. The standard InChI is InChI=1S/C30H41N5O2S/c1-20(2)10-15-33(16-11-21(3)4)28(36)22-8-9-25-26(19-22)34(17-12-23-7-6-14-32(23)5)30-31-24-13-18-38-27(24)29(37)35(25)30/h8-9,13,18-21,23H,6-7,10-12,14-17H2,1-5H3. The Kier molecular flexibility index (Phi) is 7.91. The van der Waals surface area contributed by atoms with Gasteiger partial charge in [0.2, 0.25) is 5.78 Å². The van der Waals surface area contributed by atoms with Gasteiger partial charge in [-0.15, -0.1) is 11.3 Å². The van der Waals surface area contributed by atoms with Gasteiger partial charge in [0, 0.05) is 31.2 Å². The monoisotopic (exact) mass is 535 g/mol. The maximum Gasteiger partial charge on any atom is 0.277 e. The van der Waals surface area contributed by atoms with E-state index in [-0.39, 0.29) is 11.5 Å². The van der Waals surface area contributed by atoms with Gasteiger partial charge in [-0.25, -0.2) is 9.38 Å². The van der Waals surface area contributed by atoms with Crippen LogP contribution in [0.4, 0.5) is 0 Å². The summed E-state index contributed by atoms with van der Waals surface area (Å²) in [6, 6.07) is 8.28. The molecule has 204 valence electrons. The molecule has 3 aromatic heterocycles. The van der Waals surface area contributed by atoms with Crippen LogP contribution in [0, 0.1) is 11.8 Å². The average molecular weight is 536 g/mol. The fourth-order valence-electron chi connectivity index (χ4n) is 5.64. The van der Waals surface area contributed by atoms with Gasteiger partial charge < -0.3 is 14.4 Å². The zero-order valence-electron chi connectivity index (χ0n) is 23.4. The number of amides is 1. The number of likely N-dealkylation sites (tertiary alicyclic amines) is 1. The minimum Gasteiger partial charge on any atom is -0.339 e. The lowest BCUT2D eigenvalue weighted by Gasteiger charge is -2.25. The molecule has 1 amide bonds. The largest absolute Gasteiger partial charge is 0.339 e. The summed E-state index contributed by atoms with van der Waals surface area (Å²) in [6.07, 6.45) is 5.37. The molecule has 1 saturated heterocycles. The fourth-order valence-corrected chi connectivity index (χ4v) is 6.40. The third-order valence-electron chi connectivity index (χ3n) is 8.06. The molecule has 0 radical (unpaired) electrons. The first kappa shape index (κ1) is 26.9. The Labute approximate surface area is 229 Å². The Morgan fingerprint density at radius 3 is 2.50 bits per heavy atom. The van der Waals surface area contributed by atoms with Crippen LogP contribution in [0.15, 0.2) is 34.4 Å². The van der Waals surface area contributed by atoms with E-state index in [1.54, 1.807) is 4.40 Å². The number of aryl methyl sites for hydroxylation is 1. The molecule has 0 spiro atoms. The molecule has 1 aromatic carbocycles. The summed E-state index contributed by atoms with van der Waals surface area (Å²) >= 11 is 1.44. The number of carbonyl (C=O) groups excluding carboxylic acids is 1. The third-order valence-corrected chi connectivity index (χ3v) is 8.95. The molecule has 0 N–H and O–H groups in total. The Hall–Kier alpha value is -2.71. The van der Waals surface area contributed by atoms with Crippen molar-refractivity contribution in [3.8, 4) is 0 Å². The van der Waals surface area contributed by atoms with E-state index < -0.39 is 0 Å². The minimum atomic E-state index is -0.0312. The second kappa shape index (κ2) is 11.2. The van der Waals surface area contributed by atoms with Gasteiger partial charge >= 0.3 is 0 Å². The van der Waals surface area contributed by atoms with E-state index in [1.165, 1.54) is 24.2 Å². The molecule has 0 aliphatic carbocycles. The molecule has 1 atom stereocenters. The van der Waals surface area contributed by atoms with Crippen molar-refractivity contribution in [1.82, 2.24) is 23.8 Å². The number of imidazole rings is 1. The van der Waals surface area contributed by atoms with E-state index in [2.05, 4.69) is 44.2 Å². The van der Waals surface area contributed by atoms with Gasteiger partial charge in [-0.2, -0.15) is 0 Å². The molecular formula is C30H41N5O2S. The van der Waals surface area contributed by atoms with Gasteiger partial charge in [-0.05, 0) is 87.2 Å². The Morgan fingerprint density at radius 1 is 1.11 bits per heavy atom. The summed E-state index contributed by atoms with van der Waals surface area (Å²) < 4.78 is 4.59. The van der Waals surface area contributed by atoms with Crippen LogP contribution in [0.1, 0.15) is 70.2 Å². The van der Waals surface area contributed by atoms with E-state index in [9.17, 15) is 9.59 Å². The molecule has 0 saturated carbocycles. The predicted molar refractivity (Wildman–Crippen MR) is 157 cm³/mol. The highest BCUT2D eigenvalue weighted by molar-refractivity contribution is 7.17. The van der Waals surface area contributed by atoms with Crippen molar-refractivity contribution in [2.75, 3.05) is 26.7 Å². The number of nitrogens with zero attached hydrogens (tertiary/aromatic N) is 5. The molecule has 8 heteroatoms. The average Bonchev–Trinajstić information content (AvgIpc) is 3.59. The van der Waals surface area contributed by atoms with Crippen LogP contribution in [0.3, 0.4) is 0 Å². The second-order valence-electron chi connectivity index (χ2n) is 11.8. The summed E-state index contributed by atoms with van der Waals surface area (Å²) in [4.78, 5) is 36.7. The first-order chi connectivity index (χ1) is 18.2. The van der Waals surface area contributed by atoms with Crippen molar-refractivity contribution in [1.29, 1.82) is 0 Å². The highest BCUT2D eigenvalue weighted by atomic mass is 32.1. The molecule has 0 bridgehead atoms. The van der Waals surface area contributed by atoms with Crippen molar-refractivity contribution < 1.29 is 4.79 Å². The Bertz CT molecular complexity index is 1490. The normalized spacial score (nSPS) is 16.7. The summed E-state index contributed by atoms with van der Waals surface area (Å²) in [7, 11) is 2.20. The van der Waals surface area contributed by atoms with Crippen LogP contribution in [0.25, 0.3) is 27.0 Å². The summed E-state index contributed by atoms with van der Waals surface area (Å²) in [5.74, 6) is 1.81. The lowest BCUT2D eigenvalue weighted by molar-refractivity contribution is 0.0741. The van der Waals surface area contributed by atoms with Crippen molar-refractivity contribution in [2.24, 2.45) is 11.8 Å². The Morgan fingerprint density at radius 2 is 1.84 bits per heavy atom. The number of fused-ring (bicyclic) bond motifs is 4. The van der Waals surface area contributed by atoms with E-state index in [0.717, 1.165) is 62.0 Å². The maximum atomic E-state index is 13.8. The van der Waals surface area contributed by atoms with Crippen LogP contribution in [0.2, 0.25) is 0 Å². The Balaban J connectivity index is 1.58. The number of aromatic nitrogens is 3. The lowest BCUT2D eigenvalue weighted by Crippen LogP contribution is -2.34. The predicted octanol–water partition coefficient (Wildman–Crippen LogP) is 5.88. The third kappa shape index (κ3) is 5.25. The van der Waals surface area contributed by atoms with Crippen molar-refractivity contribution in [2.45, 2.75) is 72.4 Å². The van der Waals surface area contributed by atoms with Gasteiger partial charge in [0.15, 0.2) is 0 Å². The number of carbonyl (C=O) groups is 1. The molecule has 1 fully saturated rings. The number of benzene rings is 1. The van der Waals surface area contributed by atoms with Crippen LogP contribution in [-0.4, -0.2) is 62.4 Å². The number of hydrogen-bond acceptors (Lipinski definition) is 5. The molecule has 1 aliphatic rings. The topological polar surface area (TPSA) is 62.9 Å². The fraction of sp³-hybridized carbons (Fsp3) is 0.567. The minimum absolute atomic E-state index is 0.0312. The van der Waals surface area contributed by atoms with Crippen molar-refractivity contribution >= 4 is 44.3 Å². The first-order valence-electron chi connectivity index (χ1n) is 14.2. The van der Waals surface area contributed by atoms with Gasteiger partial charge in [-0.1, -0.05) is 27.7 Å². The highest BCUT2D eigenvalue weighted by Gasteiger charge is 2.24. The van der Waals surface area contributed by atoms with Gasteiger partial charge in [-0.3, -0.25) is 9.59 Å². The van der Waals surface area contributed by atoms with Crippen LogP contribution >= 0.6 is 11.3 Å². The zero-order chi connectivity index (χ0) is 27.0. The zero-order valence-corrected chi connectivity index (χ0v) is 24.3. The smallest absolute Gasteiger partial charge is 0.277 e. The van der Waals surface area contributed by atoms with E-state index in [1.807, 2.05) is 34.5 Å². The van der Waals surface area contributed by atoms with Crippen LogP contribution < -0.4 is 5.56 Å². The lowest BCUT2D eigenvalue weighted by atomic mass is 10.1. The second-order valence-corrected chi connectivity index (χ2v) is 12.7. The molecule has 1 aliphatic heterocycles. The SMILES string of the molecule is CC(C)CCN(CCC(C)C)C(=O)c1ccc2c(c1)n(CCC1CCCN1C)c1nc3ccsc3c(=O)n21. The van der Waals surface area contributed by atoms with E-state index in [0.29, 0.717) is 33.9 Å². The highest BCUT2D eigenvalue weighted by Crippen LogP contribution is 2.26. The first-order valence-corrected chi connectivity index (χ1v) is 15.0. The molecule has 4 aromatic rings. The van der Waals surface area contributed by atoms with Crippen molar-refractivity contribution in [3.05, 3.63) is 45.6 Å². The quantitative estimate of drug-likeness (QED) is 0.254. The maximum absolute atomic E-state index is 13.8. The molecular weight excluding hydrogens is 494 g/mol. The summed E-state index contributed by atoms with van der Waals surface area (Å²) in [5.41, 5.74) is 3.12. The van der Waals surface area contributed by atoms with Crippen LogP contribution in [-0.2, 0) is 6.54 Å². The molecule has 4 heterocycles. The number of rotatable bonds is 10. The summed E-state index contributed by atoms with van der Waals surface area (Å²) in [5, 5.41) is 1.93. The number of hydrogen-bond donors (Lipinski definition) is 0. The number of thiophene rings is 1. The van der Waals surface area contributed by atoms with Gasteiger partial charge in [0.05, 0.1) is 16.6 Å². The van der Waals surface area contributed by atoms with Crippen LogP contribution in [0.5, 0.6) is 0 Å².